The summed E-state index contributed by atoms with van der Waals surface area (Å²) >= 11 is 0. The SMILES string of the molecule is Cc1ccc(S(=O)(=O)N2CCC[C@H]2C(=O)N(c2ccc(OC(=O)N(C)C)cc2)[C@@H](C)C(=O)O)cc1. The molecule has 3 rings (SSSR count). The highest BCUT2D eigenvalue weighted by atomic mass is 32.2. The van der Waals surface area contributed by atoms with Gasteiger partial charge in [-0.05, 0) is 63.1 Å². The Morgan fingerprint density at radius 3 is 2.20 bits per heavy atom. The average molecular weight is 504 g/mol. The van der Waals surface area contributed by atoms with Crippen LogP contribution >= 0.6 is 0 Å². The first-order chi connectivity index (χ1) is 16.4. The standard InChI is InChI=1S/C24H29N3O7S/c1-16-7-13-20(14-8-16)35(32,33)26-15-5-6-21(26)22(28)27(17(2)23(29)30)18-9-11-19(12-10-18)34-24(31)25(3)4/h7-14,17,21H,5-6,15H2,1-4H3,(H,29,30)/t17-,21-/m0/s1. The van der Waals surface area contributed by atoms with Crippen LogP contribution in [0.25, 0.3) is 0 Å². The molecule has 1 fully saturated rings. The Kier molecular flexibility index (Phi) is 7.81. The number of anilines is 1. The van der Waals surface area contributed by atoms with E-state index in [-0.39, 0.29) is 29.3 Å². The molecule has 10 nitrogen and oxygen atoms in total. The van der Waals surface area contributed by atoms with Gasteiger partial charge < -0.3 is 14.7 Å². The highest BCUT2D eigenvalue weighted by molar-refractivity contribution is 7.89. The van der Waals surface area contributed by atoms with E-state index in [4.69, 9.17) is 4.74 Å². The minimum Gasteiger partial charge on any atom is -0.480 e. The molecule has 2 amide bonds. The molecule has 0 aromatic heterocycles. The predicted molar refractivity (Wildman–Crippen MR) is 129 cm³/mol. The summed E-state index contributed by atoms with van der Waals surface area (Å²) in [6, 6.07) is 9.87. The maximum atomic E-state index is 13.7. The van der Waals surface area contributed by atoms with Crippen molar-refractivity contribution in [3.63, 3.8) is 0 Å². The van der Waals surface area contributed by atoms with Crippen molar-refractivity contribution < 1.29 is 32.6 Å². The molecule has 1 aliphatic rings. The van der Waals surface area contributed by atoms with E-state index in [9.17, 15) is 27.9 Å². The molecular weight excluding hydrogens is 474 g/mol. The summed E-state index contributed by atoms with van der Waals surface area (Å²) < 4.78 is 32.9. The van der Waals surface area contributed by atoms with Gasteiger partial charge in [-0.1, -0.05) is 17.7 Å². The molecule has 1 N–H and O–H groups in total. The number of sulfonamides is 1. The zero-order valence-corrected chi connectivity index (χ0v) is 20.9. The fourth-order valence-electron chi connectivity index (χ4n) is 3.80. The van der Waals surface area contributed by atoms with E-state index in [0.717, 1.165) is 14.8 Å². The summed E-state index contributed by atoms with van der Waals surface area (Å²) in [6.45, 7) is 3.35. The molecule has 0 bridgehead atoms. The second-order valence-electron chi connectivity index (χ2n) is 8.57. The summed E-state index contributed by atoms with van der Waals surface area (Å²) in [4.78, 5) is 39.7. The van der Waals surface area contributed by atoms with Crippen LogP contribution in [0.1, 0.15) is 25.3 Å². The lowest BCUT2D eigenvalue weighted by Gasteiger charge is -2.32. The van der Waals surface area contributed by atoms with Crippen LogP contribution in [0.2, 0.25) is 0 Å². The van der Waals surface area contributed by atoms with Crippen molar-refractivity contribution in [3.05, 3.63) is 54.1 Å². The quantitative estimate of drug-likeness (QED) is 0.616. The largest absolute Gasteiger partial charge is 0.480 e. The number of aliphatic carboxylic acids is 1. The maximum absolute atomic E-state index is 13.7. The van der Waals surface area contributed by atoms with E-state index >= 15 is 0 Å². The maximum Gasteiger partial charge on any atom is 0.414 e. The molecule has 0 aliphatic carbocycles. The first kappa shape index (κ1) is 26.2. The zero-order chi connectivity index (χ0) is 25.9. The van der Waals surface area contributed by atoms with Gasteiger partial charge in [0.2, 0.25) is 15.9 Å². The Bertz CT molecular complexity index is 1190. The molecule has 0 radical (unpaired) electrons. The van der Waals surface area contributed by atoms with Crippen LogP contribution in [-0.2, 0) is 19.6 Å². The number of aryl methyl sites for hydroxylation is 1. The molecule has 0 spiro atoms. The van der Waals surface area contributed by atoms with Gasteiger partial charge in [-0.25, -0.2) is 18.0 Å². The number of carbonyl (C=O) groups is 3. The normalized spacial score (nSPS) is 17.0. The fourth-order valence-corrected chi connectivity index (χ4v) is 5.45. The van der Waals surface area contributed by atoms with E-state index < -0.39 is 40.1 Å². The zero-order valence-electron chi connectivity index (χ0n) is 20.0. The first-order valence-corrected chi connectivity index (χ1v) is 12.5. The summed E-state index contributed by atoms with van der Waals surface area (Å²) in [5.74, 6) is -1.66. The average Bonchev–Trinajstić information content (AvgIpc) is 3.31. The van der Waals surface area contributed by atoms with Crippen molar-refractivity contribution in [2.45, 2.75) is 43.7 Å². The molecule has 2 aromatic carbocycles. The third-order valence-electron chi connectivity index (χ3n) is 5.78. The number of carboxylic acids is 1. The molecule has 2 aromatic rings. The second kappa shape index (κ2) is 10.4. The third-order valence-corrected chi connectivity index (χ3v) is 7.71. The summed E-state index contributed by atoms with van der Waals surface area (Å²) in [7, 11) is -0.901. The van der Waals surface area contributed by atoms with E-state index in [1.807, 2.05) is 6.92 Å². The number of carboxylic acid groups (broad SMARTS) is 1. The molecule has 1 heterocycles. The number of ether oxygens (including phenoxy) is 1. The Hall–Kier alpha value is -3.44. The molecular formula is C24H29N3O7S. The summed E-state index contributed by atoms with van der Waals surface area (Å²) in [6.07, 6.45) is 0.147. The van der Waals surface area contributed by atoms with E-state index in [1.54, 1.807) is 12.1 Å². The van der Waals surface area contributed by atoms with Gasteiger partial charge in [-0.2, -0.15) is 4.31 Å². The van der Waals surface area contributed by atoms with Gasteiger partial charge in [0.1, 0.15) is 17.8 Å². The molecule has 1 aliphatic heterocycles. The molecule has 0 unspecified atom stereocenters. The Labute approximate surface area is 204 Å². The number of amides is 2. The van der Waals surface area contributed by atoms with Crippen LogP contribution in [-0.4, -0.2) is 73.4 Å². The number of carbonyl (C=O) groups excluding carboxylic acids is 2. The lowest BCUT2D eigenvalue weighted by molar-refractivity contribution is -0.140. The molecule has 0 saturated carbocycles. The van der Waals surface area contributed by atoms with Crippen LogP contribution < -0.4 is 9.64 Å². The van der Waals surface area contributed by atoms with Crippen molar-refractivity contribution in [1.82, 2.24) is 9.21 Å². The molecule has 188 valence electrons. The van der Waals surface area contributed by atoms with Crippen LogP contribution in [0.5, 0.6) is 5.75 Å². The van der Waals surface area contributed by atoms with Gasteiger partial charge >= 0.3 is 12.1 Å². The minimum absolute atomic E-state index is 0.0766. The van der Waals surface area contributed by atoms with Gasteiger partial charge in [-0.15, -0.1) is 0 Å². The molecule has 2 atom stereocenters. The van der Waals surface area contributed by atoms with Crippen molar-refractivity contribution >= 4 is 33.7 Å². The van der Waals surface area contributed by atoms with E-state index in [0.29, 0.717) is 6.42 Å². The third kappa shape index (κ3) is 5.63. The van der Waals surface area contributed by atoms with Crippen molar-refractivity contribution in [2.75, 3.05) is 25.5 Å². The second-order valence-corrected chi connectivity index (χ2v) is 10.5. The highest BCUT2D eigenvalue weighted by Gasteiger charge is 2.43. The van der Waals surface area contributed by atoms with Crippen LogP contribution in [0.4, 0.5) is 10.5 Å². The predicted octanol–water partition coefficient (Wildman–Crippen LogP) is 2.71. The lowest BCUT2D eigenvalue weighted by atomic mass is 10.1. The topological polar surface area (TPSA) is 125 Å². The summed E-state index contributed by atoms with van der Waals surface area (Å²) in [5, 5.41) is 9.67. The van der Waals surface area contributed by atoms with Crippen LogP contribution in [0, 0.1) is 6.92 Å². The number of hydrogen-bond donors (Lipinski definition) is 1. The number of rotatable bonds is 7. The molecule has 11 heteroatoms. The van der Waals surface area contributed by atoms with Gasteiger partial charge in [0.15, 0.2) is 0 Å². The first-order valence-electron chi connectivity index (χ1n) is 11.1. The minimum atomic E-state index is -3.96. The highest BCUT2D eigenvalue weighted by Crippen LogP contribution is 2.30. The Morgan fingerprint density at radius 1 is 1.06 bits per heavy atom. The van der Waals surface area contributed by atoms with Gasteiger partial charge in [0, 0.05) is 26.3 Å². The Morgan fingerprint density at radius 2 is 1.66 bits per heavy atom. The number of hydrogen-bond acceptors (Lipinski definition) is 6. The smallest absolute Gasteiger partial charge is 0.414 e. The van der Waals surface area contributed by atoms with Gasteiger partial charge in [0.05, 0.1) is 4.90 Å². The molecule has 1 saturated heterocycles. The van der Waals surface area contributed by atoms with E-state index in [1.165, 1.54) is 62.3 Å². The van der Waals surface area contributed by atoms with Crippen LogP contribution in [0.15, 0.2) is 53.4 Å². The van der Waals surface area contributed by atoms with Crippen LogP contribution in [0.3, 0.4) is 0 Å². The number of benzene rings is 2. The molecule has 35 heavy (non-hydrogen) atoms. The Balaban J connectivity index is 1.93. The van der Waals surface area contributed by atoms with E-state index in [2.05, 4.69) is 0 Å². The van der Waals surface area contributed by atoms with Gasteiger partial charge in [0.25, 0.3) is 0 Å². The number of nitrogens with zero attached hydrogens (tertiary/aromatic N) is 3. The van der Waals surface area contributed by atoms with Crippen molar-refractivity contribution in [1.29, 1.82) is 0 Å². The summed E-state index contributed by atoms with van der Waals surface area (Å²) in [5.41, 5.74) is 1.15. The lowest BCUT2D eigenvalue weighted by Crippen LogP contribution is -2.52. The monoisotopic (exact) mass is 503 g/mol. The van der Waals surface area contributed by atoms with Crippen molar-refractivity contribution in [3.8, 4) is 5.75 Å². The van der Waals surface area contributed by atoms with Gasteiger partial charge in [-0.3, -0.25) is 9.69 Å². The fraction of sp³-hybridized carbons (Fsp3) is 0.375. The van der Waals surface area contributed by atoms with Crippen molar-refractivity contribution in [2.24, 2.45) is 0 Å².